The fourth-order valence-electron chi connectivity index (χ4n) is 3.54. The summed E-state index contributed by atoms with van der Waals surface area (Å²) in [5, 5.41) is 4.66. The molecule has 130 valence electrons. The van der Waals surface area contributed by atoms with E-state index >= 15 is 0 Å². The second-order valence-electron chi connectivity index (χ2n) is 6.42. The van der Waals surface area contributed by atoms with Gasteiger partial charge >= 0.3 is 0 Å². The van der Waals surface area contributed by atoms with Crippen LogP contribution in [0.5, 0.6) is 0 Å². The number of benzene rings is 1. The van der Waals surface area contributed by atoms with Crippen LogP contribution in [0.2, 0.25) is 0 Å². The number of aryl methyl sites for hydroxylation is 2. The van der Waals surface area contributed by atoms with Gasteiger partial charge in [-0.2, -0.15) is 0 Å². The molecule has 5 heteroatoms. The largest absolute Gasteiger partial charge is 0.353 e. The van der Waals surface area contributed by atoms with E-state index in [0.29, 0.717) is 0 Å². The molecule has 0 amide bonds. The zero-order valence-electron chi connectivity index (χ0n) is 14.9. The van der Waals surface area contributed by atoms with Crippen molar-refractivity contribution in [3.8, 4) is 11.1 Å². The molecule has 1 saturated heterocycles. The molecule has 1 aliphatic rings. The van der Waals surface area contributed by atoms with Crippen molar-refractivity contribution in [3.05, 3.63) is 41.0 Å². The molecule has 3 heterocycles. The van der Waals surface area contributed by atoms with E-state index in [2.05, 4.69) is 53.3 Å². The first-order valence-corrected chi connectivity index (χ1v) is 9.94. The summed E-state index contributed by atoms with van der Waals surface area (Å²) in [6.45, 7) is 8.44. The Kier molecular flexibility index (Phi) is 4.68. The van der Waals surface area contributed by atoms with Gasteiger partial charge in [-0.15, -0.1) is 11.3 Å². The summed E-state index contributed by atoms with van der Waals surface area (Å²) in [6, 6.07) is 9.00. The van der Waals surface area contributed by atoms with E-state index < -0.39 is 0 Å². The van der Waals surface area contributed by atoms with Crippen molar-refractivity contribution in [1.82, 2.24) is 15.3 Å². The van der Waals surface area contributed by atoms with E-state index in [0.717, 1.165) is 49.7 Å². The molecular weight excluding hydrogens is 328 g/mol. The molecule has 1 N–H and O–H groups in total. The molecule has 3 aromatic rings. The van der Waals surface area contributed by atoms with Crippen LogP contribution in [0.3, 0.4) is 0 Å². The second-order valence-corrected chi connectivity index (χ2v) is 7.50. The van der Waals surface area contributed by atoms with Crippen molar-refractivity contribution in [3.63, 3.8) is 0 Å². The van der Waals surface area contributed by atoms with Gasteiger partial charge in [0.05, 0.1) is 5.39 Å². The highest BCUT2D eigenvalue weighted by Gasteiger charge is 2.22. The first kappa shape index (κ1) is 16.5. The van der Waals surface area contributed by atoms with Gasteiger partial charge in [-0.3, -0.25) is 0 Å². The molecule has 0 saturated carbocycles. The third-order valence-electron chi connectivity index (χ3n) is 4.93. The molecule has 1 fully saturated rings. The quantitative estimate of drug-likeness (QED) is 0.773. The highest BCUT2D eigenvalue weighted by atomic mass is 32.1. The Balaban J connectivity index is 1.91. The second kappa shape index (κ2) is 7.10. The summed E-state index contributed by atoms with van der Waals surface area (Å²) < 4.78 is 0. The highest BCUT2D eigenvalue weighted by molar-refractivity contribution is 7.19. The summed E-state index contributed by atoms with van der Waals surface area (Å²) in [6.07, 6.45) is 3.81. The number of hydrogen-bond donors (Lipinski definition) is 1. The number of anilines is 1. The lowest BCUT2D eigenvalue weighted by Crippen LogP contribution is -2.44. The molecule has 1 aliphatic heterocycles. The van der Waals surface area contributed by atoms with Gasteiger partial charge in [-0.1, -0.05) is 38.1 Å². The minimum atomic E-state index is 0.998. The van der Waals surface area contributed by atoms with Crippen molar-refractivity contribution < 1.29 is 0 Å². The summed E-state index contributed by atoms with van der Waals surface area (Å²) in [5.41, 5.74) is 3.99. The standard InChI is InChI=1S/C20H24N4S/c1-3-14-5-7-15(8-6-14)17-16(4-2)25-20-18(17)19(22-13-23-20)24-11-9-21-10-12-24/h5-8,13,21H,3-4,9-12H2,1-2H3. The first-order chi connectivity index (χ1) is 12.3. The lowest BCUT2D eigenvalue weighted by atomic mass is 10.00. The smallest absolute Gasteiger partial charge is 0.141 e. The molecular formula is C20H24N4S. The van der Waals surface area contributed by atoms with E-state index in [1.807, 2.05) is 11.3 Å². The Hall–Kier alpha value is -1.98. The Labute approximate surface area is 152 Å². The van der Waals surface area contributed by atoms with Gasteiger partial charge in [0.25, 0.3) is 0 Å². The number of nitrogens with one attached hydrogen (secondary N) is 1. The topological polar surface area (TPSA) is 41.1 Å². The number of hydrogen-bond acceptors (Lipinski definition) is 5. The molecule has 0 aliphatic carbocycles. The van der Waals surface area contributed by atoms with Crippen LogP contribution in [0.4, 0.5) is 5.82 Å². The number of thiophene rings is 1. The van der Waals surface area contributed by atoms with Gasteiger partial charge in [0.15, 0.2) is 0 Å². The number of nitrogens with zero attached hydrogens (tertiary/aromatic N) is 3. The van der Waals surface area contributed by atoms with Crippen molar-refractivity contribution in [2.45, 2.75) is 26.7 Å². The summed E-state index contributed by atoms with van der Waals surface area (Å²) in [5.74, 6) is 1.09. The van der Waals surface area contributed by atoms with Crippen LogP contribution in [-0.4, -0.2) is 36.1 Å². The molecule has 2 aromatic heterocycles. The number of aromatic nitrogens is 2. The molecule has 0 bridgehead atoms. The number of piperazine rings is 1. The Bertz CT molecular complexity index is 863. The molecule has 0 radical (unpaired) electrons. The Morgan fingerprint density at radius 1 is 1.04 bits per heavy atom. The minimum Gasteiger partial charge on any atom is -0.353 e. The summed E-state index contributed by atoms with van der Waals surface area (Å²) in [7, 11) is 0. The van der Waals surface area contributed by atoms with Gasteiger partial charge in [0.2, 0.25) is 0 Å². The SMILES string of the molecule is CCc1ccc(-c2c(CC)sc3ncnc(N4CCNCC4)c23)cc1. The van der Waals surface area contributed by atoms with Crippen LogP contribution < -0.4 is 10.2 Å². The molecule has 0 spiro atoms. The third kappa shape index (κ3) is 3.02. The van der Waals surface area contributed by atoms with E-state index in [-0.39, 0.29) is 0 Å². The Morgan fingerprint density at radius 2 is 1.80 bits per heavy atom. The van der Waals surface area contributed by atoms with Crippen LogP contribution >= 0.6 is 11.3 Å². The fraction of sp³-hybridized carbons (Fsp3) is 0.400. The van der Waals surface area contributed by atoms with E-state index in [9.17, 15) is 0 Å². The zero-order valence-corrected chi connectivity index (χ0v) is 15.7. The maximum absolute atomic E-state index is 4.69. The van der Waals surface area contributed by atoms with Crippen LogP contribution in [0, 0.1) is 0 Å². The predicted molar refractivity (Wildman–Crippen MR) is 107 cm³/mol. The van der Waals surface area contributed by atoms with Crippen LogP contribution in [-0.2, 0) is 12.8 Å². The van der Waals surface area contributed by atoms with Gasteiger partial charge in [-0.05, 0) is 24.0 Å². The van der Waals surface area contributed by atoms with Crippen molar-refractivity contribution in [2.24, 2.45) is 0 Å². The van der Waals surface area contributed by atoms with E-state index in [1.54, 1.807) is 6.33 Å². The van der Waals surface area contributed by atoms with Crippen LogP contribution in [0.15, 0.2) is 30.6 Å². The van der Waals surface area contributed by atoms with E-state index in [1.165, 1.54) is 27.0 Å². The lowest BCUT2D eigenvalue weighted by Gasteiger charge is -2.29. The molecule has 4 nitrogen and oxygen atoms in total. The maximum Gasteiger partial charge on any atom is 0.141 e. The van der Waals surface area contributed by atoms with Crippen molar-refractivity contribution in [1.29, 1.82) is 0 Å². The zero-order chi connectivity index (χ0) is 17.2. The third-order valence-corrected chi connectivity index (χ3v) is 6.17. The molecule has 0 atom stereocenters. The summed E-state index contributed by atoms with van der Waals surface area (Å²) in [4.78, 5) is 14.2. The van der Waals surface area contributed by atoms with Gasteiger partial charge in [-0.25, -0.2) is 9.97 Å². The average Bonchev–Trinajstić information content (AvgIpc) is 3.07. The molecule has 0 unspecified atom stereocenters. The maximum atomic E-state index is 4.69. The molecule has 25 heavy (non-hydrogen) atoms. The van der Waals surface area contributed by atoms with Gasteiger partial charge in [0, 0.05) is 36.6 Å². The number of fused-ring (bicyclic) bond motifs is 1. The Morgan fingerprint density at radius 3 is 2.48 bits per heavy atom. The van der Waals surface area contributed by atoms with Crippen LogP contribution in [0.25, 0.3) is 21.3 Å². The van der Waals surface area contributed by atoms with Crippen molar-refractivity contribution in [2.75, 3.05) is 31.1 Å². The molecule has 1 aromatic carbocycles. The average molecular weight is 353 g/mol. The monoisotopic (exact) mass is 352 g/mol. The minimum absolute atomic E-state index is 0.998. The molecule has 4 rings (SSSR count). The first-order valence-electron chi connectivity index (χ1n) is 9.13. The van der Waals surface area contributed by atoms with Gasteiger partial charge in [0.1, 0.15) is 17.0 Å². The van der Waals surface area contributed by atoms with Crippen molar-refractivity contribution >= 4 is 27.4 Å². The predicted octanol–water partition coefficient (Wildman–Crippen LogP) is 3.89. The highest BCUT2D eigenvalue weighted by Crippen LogP contribution is 2.42. The summed E-state index contributed by atoms with van der Waals surface area (Å²) >= 11 is 1.81. The van der Waals surface area contributed by atoms with Gasteiger partial charge < -0.3 is 10.2 Å². The van der Waals surface area contributed by atoms with E-state index in [4.69, 9.17) is 4.98 Å². The lowest BCUT2D eigenvalue weighted by molar-refractivity contribution is 0.586. The fourth-order valence-corrected chi connectivity index (χ4v) is 4.64. The normalized spacial score (nSPS) is 15.0. The number of rotatable bonds is 4. The van der Waals surface area contributed by atoms with Crippen LogP contribution in [0.1, 0.15) is 24.3 Å².